The molecule has 0 heterocycles. The predicted octanol–water partition coefficient (Wildman–Crippen LogP) is 2.41. The highest BCUT2D eigenvalue weighted by atomic mass is 32.2. The summed E-state index contributed by atoms with van der Waals surface area (Å²) >= 11 is 0. The van der Waals surface area contributed by atoms with E-state index in [0.29, 0.717) is 5.57 Å². The Morgan fingerprint density at radius 2 is 1.38 bits per heavy atom. The summed E-state index contributed by atoms with van der Waals surface area (Å²) in [5, 5.41) is 2.64. The van der Waals surface area contributed by atoms with Crippen LogP contribution in [0.25, 0.3) is 5.57 Å². The smallest absolute Gasteiger partial charge is 0.296 e. The first-order valence-electron chi connectivity index (χ1n) is 10.3. The number of benzene rings is 2. The van der Waals surface area contributed by atoms with Crippen LogP contribution in [0.4, 0.5) is 11.4 Å². The number of allylic oxidation sites excluding steroid dienone is 5. The van der Waals surface area contributed by atoms with Gasteiger partial charge in [0, 0.05) is 14.1 Å². The number of nitrogen functional groups attached to an aromatic ring is 1. The number of nitrogens with one attached hydrogen (secondary N) is 1. The molecule has 0 aromatic heterocycles. The maximum Gasteiger partial charge on any atom is 0.296 e. The Hall–Kier alpha value is -3.34. The largest absolute Gasteiger partial charge is 0.398 e. The molecular formula is C22H23N3O9S3. The van der Waals surface area contributed by atoms with Crippen LogP contribution in [0.2, 0.25) is 0 Å². The standard InChI is InChI=1S/C22H23N3O9S3/c1-12-8-15(11-20(22(12)25-3)37(32,33)34)21(13-4-6-16(23)18(9-13)35(26,27)28)14-5-7-17(24-2)19(10-14)36(29,30)31/h4-11,24H,23H2,1-3H3,(H,26,27,28)(H,29,30,31)(H,32,33,34). The highest BCUT2D eigenvalue weighted by molar-refractivity contribution is 7.91. The van der Waals surface area contributed by atoms with E-state index in [1.54, 1.807) is 0 Å². The number of hydrogen-bond donors (Lipinski definition) is 5. The summed E-state index contributed by atoms with van der Waals surface area (Å²) < 4.78 is 101. The van der Waals surface area contributed by atoms with E-state index in [9.17, 15) is 38.9 Å². The molecule has 0 radical (unpaired) electrons. The molecule has 0 bridgehead atoms. The van der Waals surface area contributed by atoms with Gasteiger partial charge in [-0.3, -0.25) is 18.7 Å². The number of aliphatic imine (C=N–C) groups is 1. The van der Waals surface area contributed by atoms with Gasteiger partial charge in [0.15, 0.2) is 0 Å². The quantitative estimate of drug-likeness (QED) is 0.251. The molecule has 0 unspecified atom stereocenters. The summed E-state index contributed by atoms with van der Waals surface area (Å²) in [4.78, 5) is 2.21. The first-order valence-corrected chi connectivity index (χ1v) is 14.6. The van der Waals surface area contributed by atoms with E-state index in [2.05, 4.69) is 10.3 Å². The molecule has 1 aliphatic carbocycles. The molecule has 1 aliphatic rings. The van der Waals surface area contributed by atoms with E-state index in [4.69, 9.17) is 5.73 Å². The van der Waals surface area contributed by atoms with Crippen LogP contribution in [0.1, 0.15) is 18.1 Å². The number of rotatable bonds is 6. The van der Waals surface area contributed by atoms with Gasteiger partial charge in [-0.25, -0.2) is 0 Å². The molecular weight excluding hydrogens is 546 g/mol. The lowest BCUT2D eigenvalue weighted by molar-refractivity contribution is 0.481. The molecule has 0 atom stereocenters. The van der Waals surface area contributed by atoms with E-state index in [1.807, 2.05) is 0 Å². The lowest BCUT2D eigenvalue weighted by Crippen LogP contribution is -2.17. The minimum Gasteiger partial charge on any atom is -0.398 e. The molecule has 198 valence electrons. The molecule has 37 heavy (non-hydrogen) atoms. The van der Waals surface area contributed by atoms with Crippen molar-refractivity contribution >= 4 is 53.0 Å². The van der Waals surface area contributed by atoms with Crippen molar-refractivity contribution in [3.05, 3.63) is 75.7 Å². The number of nitrogens with two attached hydrogens (primary N) is 1. The number of hydrogen-bond acceptors (Lipinski definition) is 9. The summed E-state index contributed by atoms with van der Waals surface area (Å²) in [6.07, 6.45) is 2.58. The number of anilines is 2. The van der Waals surface area contributed by atoms with Gasteiger partial charge in [0.25, 0.3) is 30.4 Å². The van der Waals surface area contributed by atoms with Crippen molar-refractivity contribution in [3.63, 3.8) is 0 Å². The van der Waals surface area contributed by atoms with Gasteiger partial charge in [0.05, 0.1) is 17.1 Å². The van der Waals surface area contributed by atoms with Crippen LogP contribution in [0.3, 0.4) is 0 Å². The molecule has 2 aromatic rings. The van der Waals surface area contributed by atoms with Crippen molar-refractivity contribution in [2.75, 3.05) is 25.1 Å². The summed E-state index contributed by atoms with van der Waals surface area (Å²) in [5.41, 5.74) is 6.19. The minimum absolute atomic E-state index is 0.0225. The second-order valence-corrected chi connectivity index (χ2v) is 12.0. The SMILES string of the molecule is CN=C1C(C)=CC(=C(c2ccc(N)c(S(=O)(=O)O)c2)c2ccc(NC)c(S(=O)(=O)O)c2)C=C1S(=O)(=O)O. The zero-order valence-electron chi connectivity index (χ0n) is 19.7. The Morgan fingerprint density at radius 1 is 0.838 bits per heavy atom. The molecule has 2 aromatic carbocycles. The summed E-state index contributed by atoms with van der Waals surface area (Å²) in [6.45, 7) is 1.53. The molecule has 0 amide bonds. The Kier molecular flexibility index (Phi) is 7.51. The minimum atomic E-state index is -4.78. The molecule has 3 rings (SSSR count). The van der Waals surface area contributed by atoms with E-state index < -0.39 is 45.1 Å². The maximum absolute atomic E-state index is 12.1. The van der Waals surface area contributed by atoms with Crippen molar-refractivity contribution < 1.29 is 38.9 Å². The lowest BCUT2D eigenvalue weighted by atomic mass is 9.89. The third kappa shape index (κ3) is 5.82. The van der Waals surface area contributed by atoms with Crippen molar-refractivity contribution in [3.8, 4) is 0 Å². The van der Waals surface area contributed by atoms with Gasteiger partial charge < -0.3 is 11.1 Å². The first kappa shape index (κ1) is 28.2. The van der Waals surface area contributed by atoms with E-state index in [1.165, 1.54) is 51.4 Å². The van der Waals surface area contributed by atoms with Crippen molar-refractivity contribution in [2.45, 2.75) is 16.7 Å². The molecule has 0 fully saturated rings. The van der Waals surface area contributed by atoms with E-state index >= 15 is 0 Å². The highest BCUT2D eigenvalue weighted by Crippen LogP contribution is 2.37. The fourth-order valence-electron chi connectivity index (χ4n) is 3.89. The van der Waals surface area contributed by atoms with Gasteiger partial charge in [-0.15, -0.1) is 0 Å². The van der Waals surface area contributed by atoms with Gasteiger partial charge >= 0.3 is 0 Å². The molecule has 0 aliphatic heterocycles. The Bertz CT molecular complexity index is 1750. The Labute approximate surface area is 214 Å². The van der Waals surface area contributed by atoms with Crippen LogP contribution in [0, 0.1) is 0 Å². The van der Waals surface area contributed by atoms with Crippen molar-refractivity contribution in [1.29, 1.82) is 0 Å². The average Bonchev–Trinajstić information content (AvgIpc) is 2.78. The Balaban J connectivity index is 2.55. The third-order valence-corrected chi connectivity index (χ3v) is 8.12. The van der Waals surface area contributed by atoms with Crippen LogP contribution < -0.4 is 11.1 Å². The summed E-state index contributed by atoms with van der Waals surface area (Å²) in [5.74, 6) is 0. The van der Waals surface area contributed by atoms with Crippen LogP contribution in [-0.2, 0) is 30.4 Å². The molecule has 0 spiro atoms. The van der Waals surface area contributed by atoms with Gasteiger partial charge in [-0.05, 0) is 71.2 Å². The van der Waals surface area contributed by atoms with Crippen LogP contribution in [0.5, 0.6) is 0 Å². The highest BCUT2D eigenvalue weighted by Gasteiger charge is 2.27. The first-order chi connectivity index (χ1) is 17.0. The maximum atomic E-state index is 12.1. The van der Waals surface area contributed by atoms with E-state index in [-0.39, 0.29) is 39.4 Å². The number of nitrogens with zero attached hydrogens (tertiary/aromatic N) is 1. The molecule has 12 nitrogen and oxygen atoms in total. The normalized spacial score (nSPS) is 17.3. The second kappa shape index (κ2) is 9.85. The zero-order chi connectivity index (χ0) is 27.9. The van der Waals surface area contributed by atoms with Gasteiger partial charge in [-0.1, -0.05) is 12.1 Å². The fraction of sp³-hybridized carbons (Fsp3) is 0.136. The molecule has 6 N–H and O–H groups in total. The lowest BCUT2D eigenvalue weighted by Gasteiger charge is -2.20. The van der Waals surface area contributed by atoms with Gasteiger partial charge in [0.1, 0.15) is 14.7 Å². The zero-order valence-corrected chi connectivity index (χ0v) is 22.1. The van der Waals surface area contributed by atoms with Crippen molar-refractivity contribution in [1.82, 2.24) is 0 Å². The molecule has 0 saturated carbocycles. The Morgan fingerprint density at radius 3 is 1.86 bits per heavy atom. The second-order valence-electron chi connectivity index (χ2n) is 7.88. The van der Waals surface area contributed by atoms with Crippen LogP contribution in [0.15, 0.2) is 79.4 Å². The third-order valence-electron chi connectivity index (χ3n) is 5.45. The topological polar surface area (TPSA) is 214 Å². The monoisotopic (exact) mass is 569 g/mol. The van der Waals surface area contributed by atoms with Crippen LogP contribution in [-0.4, -0.2) is 58.7 Å². The predicted molar refractivity (Wildman–Crippen MR) is 139 cm³/mol. The molecule has 15 heteroatoms. The summed E-state index contributed by atoms with van der Waals surface area (Å²) in [7, 11) is -11.5. The fourth-order valence-corrected chi connectivity index (χ4v) is 6.02. The summed E-state index contributed by atoms with van der Waals surface area (Å²) in [6, 6.07) is 7.47. The van der Waals surface area contributed by atoms with Gasteiger partial charge in [-0.2, -0.15) is 25.3 Å². The molecule has 0 saturated heterocycles. The average molecular weight is 570 g/mol. The van der Waals surface area contributed by atoms with Crippen molar-refractivity contribution in [2.24, 2.45) is 4.99 Å². The van der Waals surface area contributed by atoms with E-state index in [0.717, 1.165) is 18.2 Å². The van der Waals surface area contributed by atoms with Crippen LogP contribution >= 0.6 is 0 Å². The van der Waals surface area contributed by atoms with Gasteiger partial charge in [0.2, 0.25) is 0 Å².